The maximum atomic E-state index is 12.7. The van der Waals surface area contributed by atoms with Crippen LogP contribution in [0.1, 0.15) is 59.8 Å². The maximum Gasteiger partial charge on any atom is 0.158 e. The second kappa shape index (κ2) is 4.68. The van der Waals surface area contributed by atoms with E-state index < -0.39 is 0 Å². The Kier molecular flexibility index (Phi) is 3.12. The number of carbonyl (C=O) groups excluding carboxylic acids is 2. The molecule has 124 valence electrons. The Bertz CT molecular complexity index is 655. The average Bonchev–Trinajstić information content (AvgIpc) is 2.73. The molecule has 2 fully saturated rings. The van der Waals surface area contributed by atoms with Crippen molar-refractivity contribution in [2.24, 2.45) is 34.5 Å². The summed E-state index contributed by atoms with van der Waals surface area (Å²) < 4.78 is 0. The van der Waals surface area contributed by atoms with Crippen LogP contribution in [-0.4, -0.2) is 11.6 Å². The maximum absolute atomic E-state index is 12.7. The highest BCUT2D eigenvalue weighted by Gasteiger charge is 2.58. The van der Waals surface area contributed by atoms with Gasteiger partial charge >= 0.3 is 0 Å². The van der Waals surface area contributed by atoms with Crippen molar-refractivity contribution in [2.75, 3.05) is 0 Å². The third-order valence-electron chi connectivity index (χ3n) is 7.72. The SMILES string of the molecule is C[C@@H]1CC2C3=CCC4=CC(=O)[C@@H](C)C[C@]4(C)C3CC[C@]2(C)C1=O. The van der Waals surface area contributed by atoms with Crippen LogP contribution in [0.4, 0.5) is 0 Å². The second-order valence-electron chi connectivity index (χ2n) is 9.07. The molecule has 0 heterocycles. The lowest BCUT2D eigenvalue weighted by Gasteiger charge is -2.53. The van der Waals surface area contributed by atoms with Crippen molar-refractivity contribution in [3.8, 4) is 0 Å². The zero-order valence-corrected chi connectivity index (χ0v) is 14.8. The Labute approximate surface area is 139 Å². The molecule has 0 aromatic carbocycles. The Hall–Kier alpha value is -1.18. The summed E-state index contributed by atoms with van der Waals surface area (Å²) in [6, 6.07) is 0. The van der Waals surface area contributed by atoms with Gasteiger partial charge in [0.25, 0.3) is 0 Å². The minimum absolute atomic E-state index is 0.130. The number of fused-ring (bicyclic) bond motifs is 5. The van der Waals surface area contributed by atoms with Crippen molar-refractivity contribution in [3.05, 3.63) is 23.3 Å². The minimum atomic E-state index is -0.130. The fourth-order valence-electron chi connectivity index (χ4n) is 6.31. The number of carbonyl (C=O) groups is 2. The molecule has 0 radical (unpaired) electrons. The lowest BCUT2D eigenvalue weighted by atomic mass is 9.50. The topological polar surface area (TPSA) is 34.1 Å². The predicted molar refractivity (Wildman–Crippen MR) is 90.8 cm³/mol. The van der Waals surface area contributed by atoms with Gasteiger partial charge in [0.2, 0.25) is 0 Å². The number of ketones is 2. The van der Waals surface area contributed by atoms with Gasteiger partial charge in [-0.1, -0.05) is 44.9 Å². The van der Waals surface area contributed by atoms with Crippen LogP contribution < -0.4 is 0 Å². The van der Waals surface area contributed by atoms with Crippen molar-refractivity contribution in [3.63, 3.8) is 0 Å². The molecule has 6 atom stereocenters. The van der Waals surface area contributed by atoms with Gasteiger partial charge in [0, 0.05) is 17.3 Å². The van der Waals surface area contributed by atoms with Crippen LogP contribution in [0.15, 0.2) is 23.3 Å². The summed E-state index contributed by atoms with van der Waals surface area (Å²) in [7, 11) is 0. The van der Waals surface area contributed by atoms with Gasteiger partial charge in [0.1, 0.15) is 5.78 Å². The summed E-state index contributed by atoms with van der Waals surface area (Å²) in [5.41, 5.74) is 2.90. The molecule has 0 saturated heterocycles. The van der Waals surface area contributed by atoms with E-state index >= 15 is 0 Å². The Morgan fingerprint density at radius 2 is 1.78 bits per heavy atom. The first-order valence-electron chi connectivity index (χ1n) is 9.26. The molecule has 0 aromatic heterocycles. The lowest BCUT2D eigenvalue weighted by molar-refractivity contribution is -0.130. The van der Waals surface area contributed by atoms with Gasteiger partial charge in [0.05, 0.1) is 0 Å². The third kappa shape index (κ3) is 1.87. The molecule has 4 rings (SSSR count). The van der Waals surface area contributed by atoms with Crippen LogP contribution in [0.25, 0.3) is 0 Å². The van der Waals surface area contributed by atoms with Crippen molar-refractivity contribution >= 4 is 11.6 Å². The van der Waals surface area contributed by atoms with Crippen molar-refractivity contribution in [1.29, 1.82) is 0 Å². The summed E-state index contributed by atoms with van der Waals surface area (Å²) in [6.07, 6.45) is 9.37. The molecule has 0 aromatic rings. The van der Waals surface area contributed by atoms with Crippen LogP contribution in [0.2, 0.25) is 0 Å². The Morgan fingerprint density at radius 1 is 1.04 bits per heavy atom. The zero-order valence-electron chi connectivity index (χ0n) is 14.8. The van der Waals surface area contributed by atoms with Crippen molar-refractivity contribution in [1.82, 2.24) is 0 Å². The van der Waals surface area contributed by atoms with E-state index in [1.807, 2.05) is 6.08 Å². The smallest absolute Gasteiger partial charge is 0.158 e. The molecule has 0 aliphatic heterocycles. The van der Waals surface area contributed by atoms with E-state index in [2.05, 4.69) is 33.8 Å². The summed E-state index contributed by atoms with van der Waals surface area (Å²) >= 11 is 0. The van der Waals surface area contributed by atoms with Gasteiger partial charge < -0.3 is 0 Å². The van der Waals surface area contributed by atoms with Gasteiger partial charge in [0.15, 0.2) is 5.78 Å². The van der Waals surface area contributed by atoms with Gasteiger partial charge in [-0.15, -0.1) is 0 Å². The Morgan fingerprint density at radius 3 is 2.52 bits per heavy atom. The van der Waals surface area contributed by atoms with Crippen LogP contribution >= 0.6 is 0 Å². The molecule has 2 heteroatoms. The fraction of sp³-hybridized carbons (Fsp3) is 0.714. The molecule has 0 bridgehead atoms. The van der Waals surface area contributed by atoms with Crippen LogP contribution in [0, 0.1) is 34.5 Å². The first-order chi connectivity index (χ1) is 10.8. The Balaban J connectivity index is 1.77. The number of hydrogen-bond acceptors (Lipinski definition) is 2. The van der Waals surface area contributed by atoms with E-state index in [1.165, 1.54) is 5.57 Å². The quantitative estimate of drug-likeness (QED) is 0.617. The standard InChI is InChI=1S/C21H28O2/c1-12-9-17-15-6-5-14-10-18(22)13(2)11-21(14,4)16(15)7-8-20(17,3)19(12)23/h6,10,12-13,16-17H,5,7-9,11H2,1-4H3/t12-,13+,16?,17?,20+,21+/m1/s1. The van der Waals surface area contributed by atoms with Crippen LogP contribution in [0.3, 0.4) is 0 Å². The molecule has 0 spiro atoms. The van der Waals surface area contributed by atoms with Gasteiger partial charge in [-0.25, -0.2) is 0 Å². The van der Waals surface area contributed by atoms with Crippen LogP contribution in [-0.2, 0) is 9.59 Å². The number of allylic oxidation sites excluding steroid dienone is 4. The second-order valence-corrected chi connectivity index (χ2v) is 9.07. The van der Waals surface area contributed by atoms with E-state index in [0.29, 0.717) is 23.4 Å². The lowest BCUT2D eigenvalue weighted by Crippen LogP contribution is -2.46. The highest BCUT2D eigenvalue weighted by Crippen LogP contribution is 2.63. The molecular weight excluding hydrogens is 284 g/mol. The van der Waals surface area contributed by atoms with Crippen molar-refractivity contribution < 1.29 is 9.59 Å². The highest BCUT2D eigenvalue weighted by atomic mass is 16.1. The number of rotatable bonds is 0. The molecule has 4 aliphatic rings. The van der Waals surface area contributed by atoms with E-state index in [1.54, 1.807) is 5.57 Å². The first kappa shape index (κ1) is 15.4. The number of hydrogen-bond donors (Lipinski definition) is 0. The molecule has 2 saturated carbocycles. The molecule has 0 N–H and O–H groups in total. The average molecular weight is 312 g/mol. The molecular formula is C21H28O2. The largest absolute Gasteiger partial charge is 0.299 e. The summed E-state index contributed by atoms with van der Waals surface area (Å²) in [4.78, 5) is 24.8. The van der Waals surface area contributed by atoms with E-state index in [4.69, 9.17) is 0 Å². The summed E-state index contributed by atoms with van der Waals surface area (Å²) in [5.74, 6) is 2.12. The van der Waals surface area contributed by atoms with E-state index in [9.17, 15) is 9.59 Å². The molecule has 2 nitrogen and oxygen atoms in total. The normalized spacial score (nSPS) is 49.0. The number of Topliss-reactive ketones (excluding diaryl/α,β-unsaturated/α-hetero) is 1. The zero-order chi connectivity index (χ0) is 16.6. The van der Waals surface area contributed by atoms with Gasteiger partial charge in [-0.05, 0) is 55.4 Å². The van der Waals surface area contributed by atoms with Gasteiger partial charge in [-0.3, -0.25) is 9.59 Å². The first-order valence-corrected chi connectivity index (χ1v) is 9.26. The minimum Gasteiger partial charge on any atom is -0.299 e. The molecule has 23 heavy (non-hydrogen) atoms. The van der Waals surface area contributed by atoms with Crippen molar-refractivity contribution in [2.45, 2.75) is 59.8 Å². The summed E-state index contributed by atoms with van der Waals surface area (Å²) in [5, 5.41) is 0. The van der Waals surface area contributed by atoms with E-state index in [0.717, 1.165) is 32.1 Å². The highest BCUT2D eigenvalue weighted by molar-refractivity contribution is 5.94. The predicted octanol–water partition coefficient (Wildman–Crippen LogP) is 4.50. The monoisotopic (exact) mass is 312 g/mol. The van der Waals surface area contributed by atoms with E-state index in [-0.39, 0.29) is 22.7 Å². The molecule has 2 unspecified atom stereocenters. The fourth-order valence-corrected chi connectivity index (χ4v) is 6.31. The van der Waals surface area contributed by atoms with Gasteiger partial charge in [-0.2, -0.15) is 0 Å². The third-order valence-corrected chi connectivity index (χ3v) is 7.72. The summed E-state index contributed by atoms with van der Waals surface area (Å²) in [6.45, 7) is 8.77. The van der Waals surface area contributed by atoms with Crippen LogP contribution in [0.5, 0.6) is 0 Å². The molecule has 0 amide bonds. The molecule has 4 aliphatic carbocycles.